The molecule has 0 saturated heterocycles. The summed E-state index contributed by atoms with van der Waals surface area (Å²) in [4.78, 5) is 22.4. The molecule has 0 aliphatic carbocycles. The fraction of sp³-hybridized carbons (Fsp3) is 0.0968. The Morgan fingerprint density at radius 3 is 1.82 bits per heavy atom. The van der Waals surface area contributed by atoms with Crippen molar-refractivity contribution in [3.8, 4) is 23.0 Å². The molecule has 0 amide bonds. The van der Waals surface area contributed by atoms with Gasteiger partial charge < -0.3 is 24.1 Å². The zero-order valence-electron chi connectivity index (χ0n) is 20.7. The summed E-state index contributed by atoms with van der Waals surface area (Å²) in [6.45, 7) is 2.27. The maximum Gasteiger partial charge on any atom is 0.339 e. The van der Waals surface area contributed by atoms with E-state index in [9.17, 15) is 19.8 Å². The highest BCUT2D eigenvalue weighted by molar-refractivity contribution is 5.96. The van der Waals surface area contributed by atoms with E-state index in [1.807, 2.05) is 60.7 Å². The highest BCUT2D eigenvalue weighted by Crippen LogP contribution is 2.27. The quantitative estimate of drug-likeness (QED) is 0.197. The van der Waals surface area contributed by atoms with Gasteiger partial charge in [-0.05, 0) is 42.3 Å². The van der Waals surface area contributed by atoms with Crippen LogP contribution in [-0.2, 0) is 13.2 Å². The van der Waals surface area contributed by atoms with Crippen LogP contribution in [0.4, 0.5) is 0 Å². The summed E-state index contributed by atoms with van der Waals surface area (Å²) < 4.78 is 16.2. The molecular weight excluding hydrogens is 484 g/mol. The summed E-state index contributed by atoms with van der Waals surface area (Å²) in [6, 6.07) is 30.2. The van der Waals surface area contributed by atoms with Crippen LogP contribution in [0.25, 0.3) is 11.0 Å². The highest BCUT2D eigenvalue weighted by atomic mass is 16.5. The third-order valence-electron chi connectivity index (χ3n) is 5.54. The first-order valence-electron chi connectivity index (χ1n) is 11.8. The summed E-state index contributed by atoms with van der Waals surface area (Å²) >= 11 is 0. The molecule has 0 spiro atoms. The first kappa shape index (κ1) is 26.0. The van der Waals surface area contributed by atoms with Gasteiger partial charge in [0.25, 0.3) is 0 Å². The number of carbonyl (C=O) groups excluding carboxylic acids is 1. The molecule has 38 heavy (non-hydrogen) atoms. The molecule has 0 radical (unpaired) electrons. The number of hydrogen-bond acceptors (Lipinski definition) is 7. The summed E-state index contributed by atoms with van der Waals surface area (Å²) in [7, 11) is 0. The monoisotopic (exact) mass is 510 g/mol. The smallest absolute Gasteiger partial charge is 0.339 e. The first-order valence-corrected chi connectivity index (χ1v) is 11.8. The minimum absolute atomic E-state index is 0.0481. The fourth-order valence-electron chi connectivity index (χ4n) is 3.60. The molecule has 5 rings (SSSR count). The Kier molecular flexibility index (Phi) is 8.41. The van der Waals surface area contributed by atoms with E-state index in [-0.39, 0.29) is 17.3 Å². The van der Waals surface area contributed by atoms with Gasteiger partial charge in [-0.15, -0.1) is 0 Å². The third-order valence-corrected chi connectivity index (χ3v) is 5.54. The average Bonchev–Trinajstić information content (AvgIpc) is 2.92. The van der Waals surface area contributed by atoms with Crippen LogP contribution in [0.15, 0.2) is 112 Å². The van der Waals surface area contributed by atoms with E-state index in [2.05, 4.69) is 0 Å². The van der Waals surface area contributed by atoms with E-state index in [0.29, 0.717) is 41.2 Å². The minimum atomic E-state index is -0.588. The molecule has 1 aromatic heterocycles. The molecule has 2 N–H and O–H groups in total. The molecule has 5 aromatic rings. The molecule has 0 aliphatic rings. The van der Waals surface area contributed by atoms with Crippen LogP contribution in [0.1, 0.15) is 28.4 Å². The third kappa shape index (κ3) is 7.01. The van der Waals surface area contributed by atoms with Crippen LogP contribution in [0, 0.1) is 0 Å². The number of aromatic hydroxyl groups is 2. The zero-order chi connectivity index (χ0) is 26.9. The maximum atomic E-state index is 11.2. The molecule has 0 fully saturated rings. The van der Waals surface area contributed by atoms with Crippen molar-refractivity contribution in [2.45, 2.75) is 20.1 Å². The standard InChI is InChI=1S/C16H12O4.C15H14O3/c17-14-9-16(18)20-15-8-12(6-7-13(14)15)19-10-11-4-2-1-3-5-11;1-11(16)14-8-7-13(9-15(14)17)18-10-12-5-3-2-4-6-12/h1-9,17H,10H2;2-9,17H,10H2,1H3. The van der Waals surface area contributed by atoms with Crippen LogP contribution in [0.2, 0.25) is 0 Å². The Bertz CT molecular complexity index is 1580. The molecule has 7 heteroatoms. The molecule has 7 nitrogen and oxygen atoms in total. The van der Waals surface area contributed by atoms with Crippen molar-refractivity contribution >= 4 is 16.8 Å². The Balaban J connectivity index is 0.000000178. The summed E-state index contributed by atoms with van der Waals surface area (Å²) in [6.07, 6.45) is 0. The number of ether oxygens (including phenoxy) is 2. The predicted octanol–water partition coefficient (Wildman–Crippen LogP) is 6.25. The first-order chi connectivity index (χ1) is 18.4. The topological polar surface area (TPSA) is 106 Å². The second-order valence-electron chi connectivity index (χ2n) is 8.39. The molecule has 192 valence electrons. The average molecular weight is 511 g/mol. The van der Waals surface area contributed by atoms with Crippen molar-refractivity contribution in [3.63, 3.8) is 0 Å². The lowest BCUT2D eigenvalue weighted by Gasteiger charge is -2.08. The van der Waals surface area contributed by atoms with Crippen molar-refractivity contribution in [1.29, 1.82) is 0 Å². The van der Waals surface area contributed by atoms with Gasteiger partial charge in [-0.1, -0.05) is 60.7 Å². The van der Waals surface area contributed by atoms with Crippen LogP contribution in [0.3, 0.4) is 0 Å². The lowest BCUT2D eigenvalue weighted by atomic mass is 10.1. The number of hydrogen-bond donors (Lipinski definition) is 2. The zero-order valence-corrected chi connectivity index (χ0v) is 20.7. The molecule has 4 aromatic carbocycles. The summed E-state index contributed by atoms with van der Waals surface area (Å²) in [5, 5.41) is 19.8. The van der Waals surface area contributed by atoms with Gasteiger partial charge >= 0.3 is 5.63 Å². The molecule has 1 heterocycles. The number of Topliss-reactive ketones (excluding diaryl/α,β-unsaturated/α-hetero) is 1. The Morgan fingerprint density at radius 2 is 1.26 bits per heavy atom. The van der Waals surface area contributed by atoms with Gasteiger partial charge in [-0.25, -0.2) is 4.79 Å². The maximum absolute atomic E-state index is 11.2. The largest absolute Gasteiger partial charge is 0.507 e. The number of phenols is 1. The second-order valence-corrected chi connectivity index (χ2v) is 8.39. The van der Waals surface area contributed by atoms with E-state index >= 15 is 0 Å². The summed E-state index contributed by atoms with van der Waals surface area (Å²) in [5.74, 6) is 0.817. The predicted molar refractivity (Wildman–Crippen MR) is 144 cm³/mol. The highest BCUT2D eigenvalue weighted by Gasteiger charge is 2.08. The number of fused-ring (bicyclic) bond motifs is 1. The lowest BCUT2D eigenvalue weighted by molar-refractivity contribution is 0.101. The lowest BCUT2D eigenvalue weighted by Crippen LogP contribution is -1.97. The van der Waals surface area contributed by atoms with Crippen molar-refractivity contribution in [2.24, 2.45) is 0 Å². The van der Waals surface area contributed by atoms with Gasteiger partial charge in [-0.3, -0.25) is 4.79 Å². The van der Waals surface area contributed by atoms with Crippen LogP contribution in [-0.4, -0.2) is 16.0 Å². The number of rotatable bonds is 7. The van der Waals surface area contributed by atoms with Crippen LogP contribution < -0.4 is 15.1 Å². The SMILES string of the molecule is CC(=O)c1ccc(OCc2ccccc2)cc1O.O=c1cc(O)c2ccc(OCc3ccccc3)cc2o1. The van der Waals surface area contributed by atoms with Crippen molar-refractivity contribution < 1.29 is 28.9 Å². The van der Waals surface area contributed by atoms with Crippen molar-refractivity contribution in [3.05, 3.63) is 130 Å². The molecule has 0 saturated carbocycles. The van der Waals surface area contributed by atoms with Gasteiger partial charge in [0.1, 0.15) is 41.8 Å². The van der Waals surface area contributed by atoms with E-state index < -0.39 is 5.63 Å². The minimum Gasteiger partial charge on any atom is -0.507 e. The van der Waals surface area contributed by atoms with Gasteiger partial charge in [0.2, 0.25) is 0 Å². The van der Waals surface area contributed by atoms with Gasteiger partial charge in [0.05, 0.1) is 17.0 Å². The second kappa shape index (κ2) is 12.3. The normalized spacial score (nSPS) is 10.3. The number of carbonyl (C=O) groups is 1. The Hall–Kier alpha value is -5.04. The van der Waals surface area contributed by atoms with E-state index in [1.165, 1.54) is 13.0 Å². The van der Waals surface area contributed by atoms with Crippen LogP contribution >= 0.6 is 0 Å². The van der Waals surface area contributed by atoms with E-state index in [1.54, 1.807) is 30.3 Å². The van der Waals surface area contributed by atoms with E-state index in [0.717, 1.165) is 17.2 Å². The summed E-state index contributed by atoms with van der Waals surface area (Å²) in [5.41, 5.74) is 2.12. The Morgan fingerprint density at radius 1 is 0.711 bits per heavy atom. The van der Waals surface area contributed by atoms with Crippen molar-refractivity contribution in [2.75, 3.05) is 0 Å². The Labute approximate surface area is 219 Å². The van der Waals surface area contributed by atoms with Gasteiger partial charge in [-0.2, -0.15) is 0 Å². The van der Waals surface area contributed by atoms with Crippen molar-refractivity contribution in [1.82, 2.24) is 0 Å². The molecule has 0 unspecified atom stereocenters. The molecule has 0 bridgehead atoms. The number of ketones is 1. The van der Waals surface area contributed by atoms with Gasteiger partial charge in [0, 0.05) is 12.1 Å². The molecule has 0 atom stereocenters. The van der Waals surface area contributed by atoms with E-state index in [4.69, 9.17) is 13.9 Å². The number of benzene rings is 4. The van der Waals surface area contributed by atoms with Gasteiger partial charge in [0.15, 0.2) is 5.78 Å². The fourth-order valence-corrected chi connectivity index (χ4v) is 3.60. The number of phenolic OH excluding ortho intramolecular Hbond substituents is 1. The van der Waals surface area contributed by atoms with Crippen LogP contribution in [0.5, 0.6) is 23.0 Å². The molecule has 0 aliphatic heterocycles. The molecular formula is C31H26O7.